The van der Waals surface area contributed by atoms with Gasteiger partial charge in [-0.2, -0.15) is 15.1 Å². The number of benzene rings is 1. The lowest BCUT2D eigenvalue weighted by atomic mass is 10.2. The molecule has 0 aliphatic carbocycles. The van der Waals surface area contributed by atoms with E-state index in [2.05, 4.69) is 32.5 Å². The predicted molar refractivity (Wildman–Crippen MR) is 106 cm³/mol. The lowest BCUT2D eigenvalue weighted by molar-refractivity contribution is 0.738. The van der Waals surface area contributed by atoms with Crippen molar-refractivity contribution in [2.24, 2.45) is 14.1 Å². The number of nitrogens with one attached hydrogen (secondary N) is 1. The highest BCUT2D eigenvalue weighted by molar-refractivity contribution is 5.86. The number of aromatic nitrogens is 6. The number of aryl methyl sites for hydroxylation is 3. The largest absolute Gasteiger partial charge is 0.350 e. The first-order valence-corrected chi connectivity index (χ1v) is 8.74. The molecule has 8 heteroatoms. The summed E-state index contributed by atoms with van der Waals surface area (Å²) in [5.41, 5.74) is 3.76. The summed E-state index contributed by atoms with van der Waals surface area (Å²) in [4.78, 5) is 15.8. The average molecular weight is 362 g/mol. The molecular weight excluding hydrogens is 340 g/mol. The molecule has 138 valence electrons. The highest BCUT2D eigenvalue weighted by Crippen LogP contribution is 2.28. The molecule has 0 saturated heterocycles. The Morgan fingerprint density at radius 1 is 1.11 bits per heavy atom. The Bertz CT molecular complexity index is 1060. The highest BCUT2D eigenvalue weighted by Gasteiger charge is 2.18. The molecule has 0 spiro atoms. The number of hydrogen-bond acceptors (Lipinski definition) is 6. The topological polar surface area (TPSA) is 76.7 Å². The van der Waals surface area contributed by atoms with Gasteiger partial charge in [-0.25, -0.2) is 4.98 Å². The molecule has 0 radical (unpaired) electrons. The minimum atomic E-state index is 0.560. The molecule has 4 aromatic rings. The Morgan fingerprint density at radius 3 is 2.59 bits per heavy atom. The van der Waals surface area contributed by atoms with Gasteiger partial charge in [0.1, 0.15) is 0 Å². The van der Waals surface area contributed by atoms with Crippen LogP contribution in [-0.4, -0.2) is 36.3 Å². The minimum Gasteiger partial charge on any atom is -0.350 e. The van der Waals surface area contributed by atoms with Gasteiger partial charge in [-0.05, 0) is 12.5 Å². The monoisotopic (exact) mass is 362 g/mol. The molecule has 0 aliphatic heterocycles. The molecule has 8 nitrogen and oxygen atoms in total. The normalized spacial score (nSPS) is 11.1. The second-order valence-electron chi connectivity index (χ2n) is 6.56. The minimum absolute atomic E-state index is 0.560. The van der Waals surface area contributed by atoms with Gasteiger partial charge in [0.25, 0.3) is 0 Å². The van der Waals surface area contributed by atoms with Crippen LogP contribution < -0.4 is 10.2 Å². The first-order valence-electron chi connectivity index (χ1n) is 8.74. The number of anilines is 3. The van der Waals surface area contributed by atoms with Crippen LogP contribution in [0.15, 0.2) is 42.7 Å². The zero-order chi connectivity index (χ0) is 19.0. The highest BCUT2D eigenvalue weighted by atomic mass is 15.4. The number of fused-ring (bicyclic) bond motifs is 1. The van der Waals surface area contributed by atoms with E-state index in [-0.39, 0.29) is 0 Å². The van der Waals surface area contributed by atoms with Gasteiger partial charge in [-0.1, -0.05) is 30.3 Å². The molecule has 0 atom stereocenters. The SMILES string of the molecule is Cc1cc(N(C)c2nc(NCc3ccccc3)nc3c2ncn3C)nn1C. The van der Waals surface area contributed by atoms with Crippen LogP contribution in [0.5, 0.6) is 0 Å². The van der Waals surface area contributed by atoms with Gasteiger partial charge in [0.05, 0.1) is 6.33 Å². The van der Waals surface area contributed by atoms with Crippen molar-refractivity contribution >= 4 is 28.7 Å². The summed E-state index contributed by atoms with van der Waals surface area (Å²) >= 11 is 0. The summed E-state index contributed by atoms with van der Waals surface area (Å²) in [6, 6.07) is 12.2. The van der Waals surface area contributed by atoms with E-state index in [1.165, 1.54) is 5.56 Å². The molecule has 1 N–H and O–H groups in total. The fourth-order valence-corrected chi connectivity index (χ4v) is 2.90. The Kier molecular flexibility index (Phi) is 4.23. The van der Waals surface area contributed by atoms with Crippen molar-refractivity contribution in [2.45, 2.75) is 13.5 Å². The van der Waals surface area contributed by atoms with E-state index >= 15 is 0 Å². The maximum absolute atomic E-state index is 4.72. The van der Waals surface area contributed by atoms with E-state index in [4.69, 9.17) is 4.98 Å². The van der Waals surface area contributed by atoms with Crippen LogP contribution in [0.25, 0.3) is 11.2 Å². The second kappa shape index (κ2) is 6.71. The zero-order valence-electron chi connectivity index (χ0n) is 15.9. The van der Waals surface area contributed by atoms with E-state index in [0.29, 0.717) is 18.3 Å². The average Bonchev–Trinajstić information content (AvgIpc) is 3.22. The maximum atomic E-state index is 4.72. The van der Waals surface area contributed by atoms with Crippen LogP contribution in [0.1, 0.15) is 11.3 Å². The van der Waals surface area contributed by atoms with Gasteiger partial charge >= 0.3 is 0 Å². The van der Waals surface area contributed by atoms with Crippen LogP contribution in [0.4, 0.5) is 17.6 Å². The third kappa shape index (κ3) is 3.21. The van der Waals surface area contributed by atoms with Crippen molar-refractivity contribution in [3.8, 4) is 0 Å². The van der Waals surface area contributed by atoms with Crippen LogP contribution >= 0.6 is 0 Å². The van der Waals surface area contributed by atoms with Crippen LogP contribution in [0.3, 0.4) is 0 Å². The Balaban J connectivity index is 1.72. The summed E-state index contributed by atoms with van der Waals surface area (Å²) < 4.78 is 3.74. The Labute approximate surface area is 157 Å². The molecule has 0 unspecified atom stereocenters. The number of nitrogens with zero attached hydrogens (tertiary/aromatic N) is 7. The number of rotatable bonds is 5. The van der Waals surface area contributed by atoms with E-state index in [1.807, 2.05) is 66.5 Å². The third-order valence-corrected chi connectivity index (χ3v) is 4.60. The lowest BCUT2D eigenvalue weighted by Crippen LogP contribution is -2.15. The van der Waals surface area contributed by atoms with Crippen LogP contribution in [-0.2, 0) is 20.6 Å². The van der Waals surface area contributed by atoms with Crippen LogP contribution in [0.2, 0.25) is 0 Å². The van der Waals surface area contributed by atoms with Crippen molar-refractivity contribution in [1.29, 1.82) is 0 Å². The van der Waals surface area contributed by atoms with Gasteiger partial charge in [0.2, 0.25) is 5.95 Å². The molecule has 1 aromatic carbocycles. The fourth-order valence-electron chi connectivity index (χ4n) is 2.90. The zero-order valence-corrected chi connectivity index (χ0v) is 15.9. The van der Waals surface area contributed by atoms with Crippen molar-refractivity contribution < 1.29 is 0 Å². The molecule has 0 aliphatic rings. The molecule has 0 fully saturated rings. The molecule has 3 heterocycles. The molecule has 0 saturated carbocycles. The first kappa shape index (κ1) is 17.0. The van der Waals surface area contributed by atoms with Crippen molar-refractivity contribution in [1.82, 2.24) is 29.3 Å². The van der Waals surface area contributed by atoms with Crippen molar-refractivity contribution in [3.63, 3.8) is 0 Å². The molecule has 0 amide bonds. The van der Waals surface area contributed by atoms with E-state index in [1.54, 1.807) is 6.33 Å². The summed E-state index contributed by atoms with van der Waals surface area (Å²) in [6.07, 6.45) is 1.75. The molecule has 4 rings (SSSR count). The van der Waals surface area contributed by atoms with E-state index in [0.717, 1.165) is 22.7 Å². The quantitative estimate of drug-likeness (QED) is 0.588. The molecule has 27 heavy (non-hydrogen) atoms. The summed E-state index contributed by atoms with van der Waals surface area (Å²) in [5.74, 6) is 2.09. The first-order chi connectivity index (χ1) is 13.0. The van der Waals surface area contributed by atoms with Gasteiger partial charge < -0.3 is 14.8 Å². The van der Waals surface area contributed by atoms with E-state index < -0.39 is 0 Å². The van der Waals surface area contributed by atoms with Gasteiger partial charge in [-0.15, -0.1) is 0 Å². The van der Waals surface area contributed by atoms with Crippen molar-refractivity contribution in [2.75, 3.05) is 17.3 Å². The standard InChI is InChI=1S/C19H22N8/c1-13-10-15(24-27(13)4)26(3)18-16-17(25(2)12-21-16)22-19(23-18)20-11-14-8-6-5-7-9-14/h5-10,12H,11H2,1-4H3,(H,20,22,23). The second-order valence-corrected chi connectivity index (χ2v) is 6.56. The van der Waals surface area contributed by atoms with Crippen molar-refractivity contribution in [3.05, 3.63) is 54.0 Å². The summed E-state index contributed by atoms with van der Waals surface area (Å²) in [6.45, 7) is 2.67. The predicted octanol–water partition coefficient (Wildman–Crippen LogP) is 2.79. The third-order valence-electron chi connectivity index (χ3n) is 4.60. The molecule has 0 bridgehead atoms. The van der Waals surface area contributed by atoms with Gasteiger partial charge in [-0.3, -0.25) is 4.68 Å². The smallest absolute Gasteiger partial charge is 0.227 e. The Morgan fingerprint density at radius 2 is 1.89 bits per heavy atom. The molecule has 3 aromatic heterocycles. The number of hydrogen-bond donors (Lipinski definition) is 1. The van der Waals surface area contributed by atoms with Crippen LogP contribution in [0, 0.1) is 6.92 Å². The summed E-state index contributed by atoms with van der Waals surface area (Å²) in [7, 11) is 5.80. The van der Waals surface area contributed by atoms with E-state index in [9.17, 15) is 0 Å². The van der Waals surface area contributed by atoms with Gasteiger partial charge in [0.15, 0.2) is 22.8 Å². The number of imidazole rings is 1. The van der Waals surface area contributed by atoms with Gasteiger partial charge in [0, 0.05) is 39.4 Å². The maximum Gasteiger partial charge on any atom is 0.227 e. The fraction of sp³-hybridized carbons (Fsp3) is 0.263. The summed E-state index contributed by atoms with van der Waals surface area (Å²) in [5, 5.41) is 7.87. The Hall–Kier alpha value is -3.42. The molecular formula is C19H22N8. The lowest BCUT2D eigenvalue weighted by Gasteiger charge is -2.17.